The van der Waals surface area contributed by atoms with Crippen LogP contribution in [0.1, 0.15) is 39.0 Å². The number of hydrogen-bond acceptors (Lipinski definition) is 3. The van der Waals surface area contributed by atoms with E-state index >= 15 is 0 Å². The third-order valence-corrected chi connectivity index (χ3v) is 4.33. The topological polar surface area (TPSA) is 41.3 Å². The lowest BCUT2D eigenvalue weighted by atomic mass is 9.88. The minimum atomic E-state index is 0.466. The van der Waals surface area contributed by atoms with Crippen LogP contribution in [-0.4, -0.2) is 43.2 Å². The van der Waals surface area contributed by atoms with E-state index in [2.05, 4.69) is 24.2 Å². The fourth-order valence-electron chi connectivity index (χ4n) is 3.19. The van der Waals surface area contributed by atoms with Gasteiger partial charge in [0.15, 0.2) is 0 Å². The molecule has 2 fully saturated rings. The fraction of sp³-hybridized carbons (Fsp3) is 1.00. The molecular weight excluding hydrogens is 198 g/mol. The zero-order chi connectivity index (χ0) is 11.5. The highest BCUT2D eigenvalue weighted by Crippen LogP contribution is 2.21. The highest BCUT2D eigenvalue weighted by molar-refractivity contribution is 4.87. The van der Waals surface area contributed by atoms with Crippen molar-refractivity contribution in [1.82, 2.24) is 10.2 Å². The molecule has 1 saturated carbocycles. The van der Waals surface area contributed by atoms with E-state index in [1.54, 1.807) is 0 Å². The predicted octanol–water partition coefficient (Wildman–Crippen LogP) is 1.19. The van der Waals surface area contributed by atoms with E-state index in [0.29, 0.717) is 6.04 Å². The number of nitrogens with one attached hydrogen (secondary N) is 1. The molecule has 0 radical (unpaired) electrons. The number of hydrogen-bond donors (Lipinski definition) is 2. The second-order valence-electron chi connectivity index (χ2n) is 5.91. The van der Waals surface area contributed by atoms with Crippen LogP contribution in [0.15, 0.2) is 0 Å². The van der Waals surface area contributed by atoms with Crippen molar-refractivity contribution >= 4 is 0 Å². The van der Waals surface area contributed by atoms with Crippen molar-refractivity contribution in [3.05, 3.63) is 0 Å². The van der Waals surface area contributed by atoms with Gasteiger partial charge in [-0.3, -0.25) is 0 Å². The first-order valence-electron chi connectivity index (χ1n) is 6.85. The standard InChI is InChI=1S/C13H27N3/c1-10-9-16(2)8-7-13(10)15-12-5-3-11(14)4-6-12/h10-13,15H,3-9,14H2,1-2H3. The molecule has 3 heteroatoms. The molecule has 0 amide bonds. The lowest BCUT2D eigenvalue weighted by Crippen LogP contribution is -2.51. The van der Waals surface area contributed by atoms with E-state index in [9.17, 15) is 0 Å². The number of likely N-dealkylation sites (tertiary alicyclic amines) is 1. The molecule has 2 unspecified atom stereocenters. The monoisotopic (exact) mass is 225 g/mol. The minimum Gasteiger partial charge on any atom is -0.328 e. The maximum Gasteiger partial charge on any atom is 0.0120 e. The molecule has 1 saturated heterocycles. The first-order valence-corrected chi connectivity index (χ1v) is 6.85. The second-order valence-corrected chi connectivity index (χ2v) is 5.91. The van der Waals surface area contributed by atoms with Crippen LogP contribution < -0.4 is 11.1 Å². The minimum absolute atomic E-state index is 0.466. The maximum atomic E-state index is 5.94. The van der Waals surface area contributed by atoms with Gasteiger partial charge in [-0.25, -0.2) is 0 Å². The summed E-state index contributed by atoms with van der Waals surface area (Å²) >= 11 is 0. The molecule has 1 heterocycles. The summed E-state index contributed by atoms with van der Waals surface area (Å²) in [6.07, 6.45) is 6.28. The van der Waals surface area contributed by atoms with E-state index in [1.807, 2.05) is 0 Å². The third-order valence-electron chi connectivity index (χ3n) is 4.33. The van der Waals surface area contributed by atoms with Gasteiger partial charge >= 0.3 is 0 Å². The average Bonchev–Trinajstić information content (AvgIpc) is 2.25. The van der Waals surface area contributed by atoms with E-state index < -0.39 is 0 Å². The summed E-state index contributed by atoms with van der Waals surface area (Å²) in [5.41, 5.74) is 5.94. The summed E-state index contributed by atoms with van der Waals surface area (Å²) in [4.78, 5) is 2.44. The summed E-state index contributed by atoms with van der Waals surface area (Å²) in [6.45, 7) is 4.86. The lowest BCUT2D eigenvalue weighted by molar-refractivity contribution is 0.157. The Bertz CT molecular complexity index is 211. The second kappa shape index (κ2) is 5.48. The van der Waals surface area contributed by atoms with Crippen molar-refractivity contribution in [2.45, 2.75) is 57.2 Å². The quantitative estimate of drug-likeness (QED) is 0.741. The molecule has 16 heavy (non-hydrogen) atoms. The maximum absolute atomic E-state index is 5.94. The number of piperidine rings is 1. The Morgan fingerprint density at radius 2 is 1.81 bits per heavy atom. The van der Waals surface area contributed by atoms with Crippen LogP contribution in [0.5, 0.6) is 0 Å². The van der Waals surface area contributed by atoms with Gasteiger partial charge in [0.25, 0.3) is 0 Å². The molecule has 1 aliphatic carbocycles. The smallest absolute Gasteiger partial charge is 0.0120 e. The van der Waals surface area contributed by atoms with Gasteiger partial charge in [0, 0.05) is 24.7 Å². The van der Waals surface area contributed by atoms with Gasteiger partial charge in [0.05, 0.1) is 0 Å². The first kappa shape index (κ1) is 12.3. The number of nitrogens with zero attached hydrogens (tertiary/aromatic N) is 1. The molecule has 94 valence electrons. The summed E-state index contributed by atoms with van der Waals surface area (Å²) in [5.74, 6) is 0.786. The molecule has 0 spiro atoms. The van der Waals surface area contributed by atoms with Gasteiger partial charge in [-0.15, -0.1) is 0 Å². The van der Waals surface area contributed by atoms with Gasteiger partial charge in [-0.2, -0.15) is 0 Å². The molecule has 2 atom stereocenters. The predicted molar refractivity (Wildman–Crippen MR) is 68.4 cm³/mol. The van der Waals surface area contributed by atoms with Gasteiger partial charge in [0.2, 0.25) is 0 Å². The summed E-state index contributed by atoms with van der Waals surface area (Å²) in [7, 11) is 2.23. The molecule has 0 bridgehead atoms. The Balaban J connectivity index is 1.76. The van der Waals surface area contributed by atoms with E-state index in [0.717, 1.165) is 18.0 Å². The van der Waals surface area contributed by atoms with Crippen LogP contribution in [0.2, 0.25) is 0 Å². The number of rotatable bonds is 2. The Kier molecular flexibility index (Phi) is 4.22. The molecule has 1 aliphatic heterocycles. The zero-order valence-corrected chi connectivity index (χ0v) is 10.8. The van der Waals surface area contributed by atoms with E-state index in [-0.39, 0.29) is 0 Å². The first-order chi connectivity index (χ1) is 7.65. The van der Waals surface area contributed by atoms with Crippen LogP contribution >= 0.6 is 0 Å². The average molecular weight is 225 g/mol. The van der Waals surface area contributed by atoms with Crippen molar-refractivity contribution in [2.75, 3.05) is 20.1 Å². The van der Waals surface area contributed by atoms with Crippen LogP contribution in [0.25, 0.3) is 0 Å². The van der Waals surface area contributed by atoms with Crippen LogP contribution in [0.4, 0.5) is 0 Å². The highest BCUT2D eigenvalue weighted by Gasteiger charge is 2.27. The van der Waals surface area contributed by atoms with Gasteiger partial charge in [0.1, 0.15) is 0 Å². The molecule has 3 N–H and O–H groups in total. The van der Waals surface area contributed by atoms with Crippen LogP contribution in [-0.2, 0) is 0 Å². The van der Waals surface area contributed by atoms with Crippen LogP contribution in [0, 0.1) is 5.92 Å². The van der Waals surface area contributed by atoms with Gasteiger partial charge in [-0.1, -0.05) is 6.92 Å². The molecule has 2 rings (SSSR count). The molecule has 3 nitrogen and oxygen atoms in total. The van der Waals surface area contributed by atoms with Gasteiger partial charge in [-0.05, 0) is 51.6 Å². The van der Waals surface area contributed by atoms with Crippen LogP contribution in [0.3, 0.4) is 0 Å². The lowest BCUT2D eigenvalue weighted by Gasteiger charge is -2.39. The molecule has 0 aromatic rings. The molecule has 0 aromatic heterocycles. The van der Waals surface area contributed by atoms with Crippen molar-refractivity contribution in [1.29, 1.82) is 0 Å². The third kappa shape index (κ3) is 3.19. The Labute approximate surface area is 99.8 Å². The Morgan fingerprint density at radius 1 is 1.12 bits per heavy atom. The normalized spacial score (nSPS) is 42.2. The molecule has 0 aromatic carbocycles. The summed E-state index contributed by atoms with van der Waals surface area (Å²) < 4.78 is 0. The van der Waals surface area contributed by atoms with E-state index in [1.165, 1.54) is 45.2 Å². The SMILES string of the molecule is CC1CN(C)CCC1NC1CCC(N)CC1. The Hall–Kier alpha value is -0.120. The van der Waals surface area contributed by atoms with Crippen molar-refractivity contribution in [2.24, 2.45) is 11.7 Å². The van der Waals surface area contributed by atoms with E-state index in [4.69, 9.17) is 5.73 Å². The molecular formula is C13H27N3. The summed E-state index contributed by atoms with van der Waals surface area (Å²) in [6, 6.07) is 1.93. The van der Waals surface area contributed by atoms with Crippen molar-refractivity contribution < 1.29 is 0 Å². The fourth-order valence-corrected chi connectivity index (χ4v) is 3.19. The van der Waals surface area contributed by atoms with Crippen molar-refractivity contribution in [3.8, 4) is 0 Å². The number of nitrogens with two attached hydrogens (primary N) is 1. The van der Waals surface area contributed by atoms with Gasteiger partial charge < -0.3 is 16.0 Å². The largest absolute Gasteiger partial charge is 0.328 e. The van der Waals surface area contributed by atoms with Crippen molar-refractivity contribution in [3.63, 3.8) is 0 Å². The highest BCUT2D eigenvalue weighted by atomic mass is 15.1. The molecule has 2 aliphatic rings. The Morgan fingerprint density at radius 3 is 2.44 bits per heavy atom. The zero-order valence-electron chi connectivity index (χ0n) is 10.8. The summed E-state index contributed by atoms with van der Waals surface area (Å²) in [5, 5.41) is 3.87.